The fraction of sp³-hybridized carbons (Fsp3) is 0.250. The molecule has 0 fully saturated rings. The van der Waals surface area contributed by atoms with Gasteiger partial charge in [0, 0.05) is 30.8 Å². The van der Waals surface area contributed by atoms with Crippen LogP contribution >= 0.6 is 25.3 Å². The van der Waals surface area contributed by atoms with Crippen molar-refractivity contribution < 1.29 is 13.0 Å². The average Bonchev–Trinajstić information content (AvgIpc) is 2.70. The second-order valence-corrected chi connectivity index (χ2v) is 8.19. The van der Waals surface area contributed by atoms with Crippen molar-refractivity contribution >= 4 is 47.3 Å². The molecule has 1 aromatic carbocycles. The summed E-state index contributed by atoms with van der Waals surface area (Å²) in [5, 5.41) is 6.06. The molecule has 0 radical (unpaired) electrons. The predicted octanol–water partition coefficient (Wildman–Crippen LogP) is 1.02. The van der Waals surface area contributed by atoms with Crippen LogP contribution in [0, 0.1) is 0 Å². The molecule has 0 amide bonds. The zero-order chi connectivity index (χ0) is 22.6. The molecule has 0 atom stereocenters. The minimum atomic E-state index is -4.59. The first-order chi connectivity index (χ1) is 14.7. The summed E-state index contributed by atoms with van der Waals surface area (Å²) in [7, 11) is -4.59. The highest BCUT2D eigenvalue weighted by atomic mass is 32.2. The molecule has 0 spiro atoms. The summed E-state index contributed by atoms with van der Waals surface area (Å²) < 4.78 is 33.7. The Morgan fingerprint density at radius 2 is 1.58 bits per heavy atom. The van der Waals surface area contributed by atoms with Gasteiger partial charge in [-0.15, -0.1) is 25.3 Å². The number of thiol groups is 2. The minimum Gasteiger partial charge on any atom is -0.354 e. The predicted molar refractivity (Wildman–Crippen MR) is 120 cm³/mol. The first kappa shape index (κ1) is 23.1. The summed E-state index contributed by atoms with van der Waals surface area (Å²) >= 11 is 8.34. The Balaban J connectivity index is 2.19. The van der Waals surface area contributed by atoms with Crippen LogP contribution in [0.15, 0.2) is 33.4 Å². The molecule has 2 heterocycles. The van der Waals surface area contributed by atoms with Crippen LogP contribution in [0.25, 0.3) is 22.8 Å². The van der Waals surface area contributed by atoms with E-state index in [0.29, 0.717) is 25.2 Å². The van der Waals surface area contributed by atoms with E-state index in [9.17, 15) is 13.0 Å². The Morgan fingerprint density at radius 3 is 2.19 bits per heavy atom. The van der Waals surface area contributed by atoms with Gasteiger partial charge in [-0.2, -0.15) is 28.4 Å². The van der Waals surface area contributed by atoms with Gasteiger partial charge in [-0.3, -0.25) is 4.55 Å². The summed E-state index contributed by atoms with van der Waals surface area (Å²) in [6.07, 6.45) is 0. The van der Waals surface area contributed by atoms with Crippen LogP contribution in [0.3, 0.4) is 0 Å². The topological polar surface area (TPSA) is 182 Å². The SMILES string of the molecule is CCNc1nc(S)nc(-c2cc(-c3nc(S)nc(NCCN)n3)ccc2S(=O)(=O)O)n1. The maximum Gasteiger partial charge on any atom is 0.295 e. The number of benzene rings is 1. The van der Waals surface area contributed by atoms with Crippen molar-refractivity contribution in [3.05, 3.63) is 18.2 Å². The van der Waals surface area contributed by atoms with Gasteiger partial charge in [0.15, 0.2) is 22.0 Å². The maximum atomic E-state index is 12.0. The van der Waals surface area contributed by atoms with Gasteiger partial charge in [0.05, 0.1) is 0 Å². The number of nitrogens with one attached hydrogen (secondary N) is 2. The number of anilines is 2. The lowest BCUT2D eigenvalue weighted by molar-refractivity contribution is 0.483. The summed E-state index contributed by atoms with van der Waals surface area (Å²) in [6, 6.07) is 4.09. The maximum absolute atomic E-state index is 12.0. The Labute approximate surface area is 189 Å². The Kier molecular flexibility index (Phi) is 7.22. The van der Waals surface area contributed by atoms with Crippen LogP contribution in [-0.4, -0.2) is 62.5 Å². The molecule has 5 N–H and O–H groups in total. The molecule has 12 nitrogen and oxygen atoms in total. The van der Waals surface area contributed by atoms with Crippen molar-refractivity contribution in [2.24, 2.45) is 5.73 Å². The number of hydrogen-bond donors (Lipinski definition) is 6. The third kappa shape index (κ3) is 5.76. The number of nitrogens with zero attached hydrogens (tertiary/aromatic N) is 6. The van der Waals surface area contributed by atoms with E-state index in [1.54, 1.807) is 0 Å². The molecule has 0 aliphatic heterocycles. The highest BCUT2D eigenvalue weighted by Crippen LogP contribution is 2.30. The van der Waals surface area contributed by atoms with E-state index in [2.05, 4.69) is 65.8 Å². The molecule has 31 heavy (non-hydrogen) atoms. The highest BCUT2D eigenvalue weighted by Gasteiger charge is 2.21. The minimum absolute atomic E-state index is 0.00735. The molecule has 164 valence electrons. The first-order valence-corrected chi connectivity index (χ1v) is 11.2. The molecule has 0 unspecified atom stereocenters. The van der Waals surface area contributed by atoms with E-state index in [4.69, 9.17) is 5.73 Å². The molecule has 3 rings (SSSR count). The highest BCUT2D eigenvalue weighted by molar-refractivity contribution is 7.86. The fourth-order valence-corrected chi connectivity index (χ4v) is 3.60. The van der Waals surface area contributed by atoms with Crippen molar-refractivity contribution in [1.82, 2.24) is 29.9 Å². The Morgan fingerprint density at radius 1 is 0.968 bits per heavy atom. The van der Waals surface area contributed by atoms with Gasteiger partial charge in [-0.05, 0) is 25.1 Å². The van der Waals surface area contributed by atoms with Crippen molar-refractivity contribution in [2.45, 2.75) is 22.1 Å². The van der Waals surface area contributed by atoms with Crippen molar-refractivity contribution in [3.8, 4) is 22.8 Å². The van der Waals surface area contributed by atoms with E-state index >= 15 is 0 Å². The van der Waals surface area contributed by atoms with Crippen molar-refractivity contribution in [2.75, 3.05) is 30.3 Å². The third-order valence-corrected chi connectivity index (χ3v) is 5.08. The monoisotopic (exact) mass is 481 g/mol. The molecular formula is C16H19N9O3S3. The van der Waals surface area contributed by atoms with Crippen LogP contribution in [-0.2, 0) is 10.1 Å². The lowest BCUT2D eigenvalue weighted by Gasteiger charge is -2.11. The molecule has 0 saturated carbocycles. The Hall–Kier alpha value is -2.59. The summed E-state index contributed by atoms with van der Waals surface area (Å²) in [6.45, 7) is 3.18. The molecule has 0 aliphatic carbocycles. The van der Waals surface area contributed by atoms with E-state index in [1.165, 1.54) is 18.2 Å². The smallest absolute Gasteiger partial charge is 0.295 e. The number of nitrogens with two attached hydrogens (primary N) is 1. The van der Waals surface area contributed by atoms with Crippen molar-refractivity contribution in [1.29, 1.82) is 0 Å². The number of hydrogen-bond acceptors (Lipinski definition) is 13. The zero-order valence-corrected chi connectivity index (χ0v) is 18.8. The lowest BCUT2D eigenvalue weighted by atomic mass is 10.1. The largest absolute Gasteiger partial charge is 0.354 e. The van der Waals surface area contributed by atoms with Gasteiger partial charge in [-0.1, -0.05) is 0 Å². The van der Waals surface area contributed by atoms with Gasteiger partial charge >= 0.3 is 0 Å². The number of rotatable bonds is 8. The van der Waals surface area contributed by atoms with Gasteiger partial charge < -0.3 is 16.4 Å². The third-order valence-electron chi connectivity index (χ3n) is 3.77. The summed E-state index contributed by atoms with van der Waals surface area (Å²) in [5.41, 5.74) is 5.93. The Bertz CT molecular complexity index is 1210. The van der Waals surface area contributed by atoms with E-state index in [1.807, 2.05) is 6.92 Å². The van der Waals surface area contributed by atoms with Crippen LogP contribution in [0.1, 0.15) is 6.92 Å². The van der Waals surface area contributed by atoms with Crippen LogP contribution in [0.2, 0.25) is 0 Å². The molecule has 2 aromatic heterocycles. The molecule has 0 bridgehead atoms. The zero-order valence-electron chi connectivity index (χ0n) is 16.2. The second kappa shape index (κ2) is 9.69. The van der Waals surface area contributed by atoms with E-state index in [-0.39, 0.29) is 44.3 Å². The summed E-state index contributed by atoms with van der Waals surface area (Å²) in [5.74, 6) is 0.671. The van der Waals surface area contributed by atoms with Gasteiger partial charge in [0.2, 0.25) is 11.9 Å². The molecular weight excluding hydrogens is 462 g/mol. The van der Waals surface area contributed by atoms with Gasteiger partial charge in [-0.25, -0.2) is 9.97 Å². The molecule has 0 aliphatic rings. The lowest BCUT2D eigenvalue weighted by Crippen LogP contribution is -2.15. The molecule has 0 saturated heterocycles. The average molecular weight is 482 g/mol. The van der Waals surface area contributed by atoms with Crippen LogP contribution < -0.4 is 16.4 Å². The van der Waals surface area contributed by atoms with Gasteiger partial charge in [0.1, 0.15) is 4.90 Å². The molecule has 3 aromatic rings. The fourth-order valence-electron chi connectivity index (χ4n) is 2.55. The van der Waals surface area contributed by atoms with Crippen LogP contribution in [0.4, 0.5) is 11.9 Å². The van der Waals surface area contributed by atoms with Crippen molar-refractivity contribution in [3.63, 3.8) is 0 Å². The van der Waals surface area contributed by atoms with E-state index < -0.39 is 10.1 Å². The second-order valence-electron chi connectivity index (χ2n) is 6.00. The number of aromatic nitrogens is 6. The first-order valence-electron chi connectivity index (χ1n) is 8.91. The molecule has 15 heteroatoms. The van der Waals surface area contributed by atoms with Crippen LogP contribution in [0.5, 0.6) is 0 Å². The standard InChI is InChI=1S/C16H19N9O3S3/c1-2-18-13-21-12(23-16(30)24-13)9-7-8(3-4-10(9)31(26,27)28)11-20-14(19-6-5-17)25-15(29)22-11/h3-4,7H,2,5-6,17H2,1H3,(H,26,27,28)(H2,18,21,23,24,30)(H2,19,20,22,25,29). The van der Waals surface area contributed by atoms with Gasteiger partial charge in [0.25, 0.3) is 10.1 Å². The van der Waals surface area contributed by atoms with E-state index in [0.717, 1.165) is 0 Å². The quantitative estimate of drug-likeness (QED) is 0.199. The summed E-state index contributed by atoms with van der Waals surface area (Å²) in [4.78, 5) is 24.5. The normalized spacial score (nSPS) is 11.4.